The van der Waals surface area contributed by atoms with Gasteiger partial charge in [0.2, 0.25) is 0 Å². The van der Waals surface area contributed by atoms with E-state index in [0.29, 0.717) is 5.92 Å². The lowest BCUT2D eigenvalue weighted by atomic mass is 10.2. The van der Waals surface area contributed by atoms with E-state index in [1.165, 1.54) is 11.3 Å². The fourth-order valence-corrected chi connectivity index (χ4v) is 2.42. The van der Waals surface area contributed by atoms with Crippen molar-refractivity contribution in [3.63, 3.8) is 0 Å². The van der Waals surface area contributed by atoms with E-state index in [-0.39, 0.29) is 0 Å². The Hall–Kier alpha value is -0.900. The van der Waals surface area contributed by atoms with E-state index >= 15 is 0 Å². The zero-order chi connectivity index (χ0) is 11.4. The summed E-state index contributed by atoms with van der Waals surface area (Å²) >= 11 is 1.48. The van der Waals surface area contributed by atoms with E-state index in [2.05, 4.69) is 23.7 Å². The van der Waals surface area contributed by atoms with Gasteiger partial charge in [0.15, 0.2) is 11.4 Å². The van der Waals surface area contributed by atoms with Crippen LogP contribution < -0.4 is 4.90 Å². The summed E-state index contributed by atoms with van der Waals surface area (Å²) in [6, 6.07) is 0. The van der Waals surface area contributed by atoms with E-state index in [0.717, 1.165) is 35.0 Å². The Morgan fingerprint density at radius 1 is 1.53 bits per heavy atom. The molecule has 0 saturated carbocycles. The molecule has 4 heteroatoms. The number of hydrogen-bond donors (Lipinski definition) is 0. The van der Waals surface area contributed by atoms with Crippen LogP contribution in [0.1, 0.15) is 36.1 Å². The average Bonchev–Trinajstić information content (AvgIpc) is 2.59. The summed E-state index contributed by atoms with van der Waals surface area (Å²) in [7, 11) is 2.02. The maximum Gasteiger partial charge on any atom is 0.185 e. The van der Waals surface area contributed by atoms with Gasteiger partial charge >= 0.3 is 0 Å². The van der Waals surface area contributed by atoms with Crippen molar-refractivity contribution in [1.29, 1.82) is 0 Å². The highest BCUT2D eigenvalue weighted by Gasteiger charge is 2.12. The first-order valence-corrected chi connectivity index (χ1v) is 6.06. The van der Waals surface area contributed by atoms with E-state index in [9.17, 15) is 4.79 Å². The zero-order valence-electron chi connectivity index (χ0n) is 9.78. The molecule has 0 atom stereocenters. The molecule has 0 fully saturated rings. The molecule has 0 unspecified atom stereocenters. The van der Waals surface area contributed by atoms with Gasteiger partial charge < -0.3 is 4.90 Å². The summed E-state index contributed by atoms with van der Waals surface area (Å²) in [5.41, 5.74) is 0.917. The van der Waals surface area contributed by atoms with Crippen molar-refractivity contribution >= 4 is 22.8 Å². The SMILES string of the molecule is CCc1nc(N(C)CC(C)C)sc1C=O. The third-order valence-corrected chi connectivity index (χ3v) is 3.26. The van der Waals surface area contributed by atoms with Crippen molar-refractivity contribution in [2.45, 2.75) is 27.2 Å². The van der Waals surface area contributed by atoms with Crippen molar-refractivity contribution in [3.05, 3.63) is 10.6 Å². The molecule has 3 nitrogen and oxygen atoms in total. The third kappa shape index (κ3) is 3.02. The summed E-state index contributed by atoms with van der Waals surface area (Å²) in [5.74, 6) is 0.601. The fraction of sp³-hybridized carbons (Fsp3) is 0.636. The van der Waals surface area contributed by atoms with Crippen molar-refractivity contribution < 1.29 is 4.79 Å². The maximum atomic E-state index is 10.8. The van der Waals surface area contributed by atoms with Crippen LogP contribution in [0.5, 0.6) is 0 Å². The number of rotatable bonds is 5. The molecule has 0 radical (unpaired) electrons. The zero-order valence-corrected chi connectivity index (χ0v) is 10.6. The molecule has 84 valence electrons. The predicted molar refractivity (Wildman–Crippen MR) is 65.0 cm³/mol. The van der Waals surface area contributed by atoms with Crippen LogP contribution >= 0.6 is 11.3 Å². The number of carbonyl (C=O) groups is 1. The summed E-state index contributed by atoms with van der Waals surface area (Å²) in [6.45, 7) is 7.33. The molecular formula is C11H18N2OS. The van der Waals surface area contributed by atoms with Gasteiger partial charge in [-0.2, -0.15) is 0 Å². The quantitative estimate of drug-likeness (QED) is 0.724. The molecule has 1 heterocycles. The monoisotopic (exact) mass is 226 g/mol. The highest BCUT2D eigenvalue weighted by molar-refractivity contribution is 7.17. The van der Waals surface area contributed by atoms with Gasteiger partial charge in [0, 0.05) is 13.6 Å². The number of aromatic nitrogens is 1. The minimum absolute atomic E-state index is 0.601. The van der Waals surface area contributed by atoms with Gasteiger partial charge in [-0.3, -0.25) is 4.79 Å². The number of carbonyl (C=O) groups excluding carboxylic acids is 1. The molecule has 0 spiro atoms. The molecule has 1 aromatic heterocycles. The number of aryl methyl sites for hydroxylation is 1. The smallest absolute Gasteiger partial charge is 0.185 e. The van der Waals surface area contributed by atoms with Crippen LogP contribution in [0.25, 0.3) is 0 Å². The van der Waals surface area contributed by atoms with Crippen LogP contribution in [0.3, 0.4) is 0 Å². The molecule has 1 rings (SSSR count). The molecule has 0 bridgehead atoms. The van der Waals surface area contributed by atoms with E-state index < -0.39 is 0 Å². The van der Waals surface area contributed by atoms with Gasteiger partial charge in [0.05, 0.1) is 10.6 Å². The molecule has 0 aliphatic carbocycles. The van der Waals surface area contributed by atoms with Gasteiger partial charge in [-0.1, -0.05) is 32.1 Å². The Bertz CT molecular complexity index is 333. The number of hydrogen-bond acceptors (Lipinski definition) is 4. The number of nitrogens with zero attached hydrogens (tertiary/aromatic N) is 2. The normalized spacial score (nSPS) is 10.7. The molecule has 0 aliphatic heterocycles. The first kappa shape index (κ1) is 12.2. The minimum atomic E-state index is 0.601. The Balaban J connectivity index is 2.85. The minimum Gasteiger partial charge on any atom is -0.351 e. The van der Waals surface area contributed by atoms with Crippen LogP contribution in [0.4, 0.5) is 5.13 Å². The van der Waals surface area contributed by atoms with Gasteiger partial charge in [-0.25, -0.2) is 4.98 Å². The van der Waals surface area contributed by atoms with Crippen LogP contribution in [-0.4, -0.2) is 24.9 Å². The number of thiazole rings is 1. The van der Waals surface area contributed by atoms with Crippen molar-refractivity contribution in [2.75, 3.05) is 18.5 Å². The van der Waals surface area contributed by atoms with Gasteiger partial charge in [0.25, 0.3) is 0 Å². The standard InChI is InChI=1S/C11H18N2OS/c1-5-9-10(7-14)15-11(12-9)13(4)6-8(2)3/h7-8H,5-6H2,1-4H3. The van der Waals surface area contributed by atoms with Crippen molar-refractivity contribution in [2.24, 2.45) is 5.92 Å². The lowest BCUT2D eigenvalue weighted by molar-refractivity contribution is 0.112. The molecular weight excluding hydrogens is 208 g/mol. The van der Waals surface area contributed by atoms with Crippen LogP contribution in [-0.2, 0) is 6.42 Å². The Morgan fingerprint density at radius 3 is 2.60 bits per heavy atom. The fourth-order valence-electron chi connectivity index (χ4n) is 1.49. The first-order chi connectivity index (χ1) is 7.08. The molecule has 0 aromatic carbocycles. The summed E-state index contributed by atoms with van der Waals surface area (Å²) in [4.78, 5) is 18.1. The summed E-state index contributed by atoms with van der Waals surface area (Å²) < 4.78 is 0. The predicted octanol–water partition coefficient (Wildman–Crippen LogP) is 2.61. The van der Waals surface area contributed by atoms with Crippen molar-refractivity contribution in [1.82, 2.24) is 4.98 Å². The summed E-state index contributed by atoms with van der Waals surface area (Å²) in [6.07, 6.45) is 1.73. The largest absolute Gasteiger partial charge is 0.351 e. The lowest BCUT2D eigenvalue weighted by Gasteiger charge is -2.17. The lowest BCUT2D eigenvalue weighted by Crippen LogP contribution is -2.22. The first-order valence-electron chi connectivity index (χ1n) is 5.24. The van der Waals surface area contributed by atoms with Gasteiger partial charge in [-0.15, -0.1) is 0 Å². The second-order valence-corrected chi connectivity index (χ2v) is 5.06. The third-order valence-electron chi connectivity index (χ3n) is 2.12. The number of anilines is 1. The Kier molecular flexibility index (Phi) is 4.27. The molecule has 15 heavy (non-hydrogen) atoms. The van der Waals surface area contributed by atoms with E-state index in [4.69, 9.17) is 0 Å². The maximum absolute atomic E-state index is 10.8. The second-order valence-electron chi connectivity index (χ2n) is 4.05. The van der Waals surface area contributed by atoms with Crippen molar-refractivity contribution in [3.8, 4) is 0 Å². The van der Waals surface area contributed by atoms with E-state index in [1.54, 1.807) is 0 Å². The van der Waals surface area contributed by atoms with Crippen LogP contribution in [0, 0.1) is 5.92 Å². The molecule has 0 N–H and O–H groups in total. The highest BCUT2D eigenvalue weighted by atomic mass is 32.1. The van der Waals surface area contributed by atoms with Gasteiger partial charge in [0.1, 0.15) is 0 Å². The van der Waals surface area contributed by atoms with Crippen LogP contribution in [0.2, 0.25) is 0 Å². The highest BCUT2D eigenvalue weighted by Crippen LogP contribution is 2.25. The Morgan fingerprint density at radius 2 is 2.20 bits per heavy atom. The molecule has 1 aromatic rings. The second kappa shape index (κ2) is 5.26. The number of aldehydes is 1. The Labute approximate surface area is 95.1 Å². The van der Waals surface area contributed by atoms with E-state index in [1.807, 2.05) is 14.0 Å². The molecule has 0 amide bonds. The topological polar surface area (TPSA) is 33.2 Å². The summed E-state index contributed by atoms with van der Waals surface area (Å²) in [5, 5.41) is 0.947. The van der Waals surface area contributed by atoms with Gasteiger partial charge in [-0.05, 0) is 12.3 Å². The molecule has 0 saturated heterocycles. The van der Waals surface area contributed by atoms with Crippen LogP contribution in [0.15, 0.2) is 0 Å². The molecule has 0 aliphatic rings. The average molecular weight is 226 g/mol.